The van der Waals surface area contributed by atoms with Crippen molar-refractivity contribution in [2.24, 2.45) is 0 Å². The molecule has 2 aromatic rings. The average molecular weight is 296 g/mol. The van der Waals surface area contributed by atoms with Gasteiger partial charge in [0.2, 0.25) is 0 Å². The maximum Gasteiger partial charge on any atom is 0.416 e. The number of carbonyl (C=O) groups excluding carboxylic acids is 1. The van der Waals surface area contributed by atoms with Crippen LogP contribution < -0.4 is 16.4 Å². The summed E-state index contributed by atoms with van der Waals surface area (Å²) in [5.74, 6) is 0.168. The molecule has 1 aromatic heterocycles. The monoisotopic (exact) mass is 296 g/mol. The smallest absolute Gasteiger partial charge is 0.396 e. The van der Waals surface area contributed by atoms with Crippen molar-refractivity contribution in [1.82, 2.24) is 4.98 Å². The first kappa shape index (κ1) is 14.6. The highest BCUT2D eigenvalue weighted by Gasteiger charge is 2.29. The fraction of sp³-hybridized carbons (Fsp3) is 0.0769. The van der Waals surface area contributed by atoms with Gasteiger partial charge in [0.1, 0.15) is 0 Å². The van der Waals surface area contributed by atoms with E-state index in [4.69, 9.17) is 5.73 Å². The number of aromatic nitrogens is 1. The average Bonchev–Trinajstić information content (AvgIpc) is 2.41. The quantitative estimate of drug-likeness (QED) is 0.795. The lowest BCUT2D eigenvalue weighted by molar-refractivity contribution is -0.137. The second-order valence-electron chi connectivity index (χ2n) is 4.10. The molecule has 0 saturated heterocycles. The number of anilines is 3. The molecule has 0 bridgehead atoms. The normalized spacial score (nSPS) is 11.0. The van der Waals surface area contributed by atoms with Gasteiger partial charge in [-0.2, -0.15) is 13.2 Å². The molecule has 0 aliphatic carbocycles. The molecule has 1 heterocycles. The van der Waals surface area contributed by atoms with E-state index in [0.717, 1.165) is 24.3 Å². The molecule has 2 rings (SSSR count). The Morgan fingerprint density at radius 3 is 2.33 bits per heavy atom. The fourth-order valence-electron chi connectivity index (χ4n) is 1.53. The number of hydrogen-bond donors (Lipinski definition) is 3. The second-order valence-corrected chi connectivity index (χ2v) is 4.10. The van der Waals surface area contributed by atoms with E-state index in [2.05, 4.69) is 15.6 Å². The Morgan fingerprint density at radius 1 is 1.10 bits per heavy atom. The molecule has 5 nitrogen and oxygen atoms in total. The zero-order valence-electron chi connectivity index (χ0n) is 10.6. The van der Waals surface area contributed by atoms with E-state index < -0.39 is 17.8 Å². The summed E-state index contributed by atoms with van der Waals surface area (Å²) in [7, 11) is 0. The maximum absolute atomic E-state index is 12.4. The van der Waals surface area contributed by atoms with Gasteiger partial charge >= 0.3 is 12.2 Å². The van der Waals surface area contributed by atoms with Crippen molar-refractivity contribution in [2.45, 2.75) is 6.18 Å². The minimum atomic E-state index is -4.41. The van der Waals surface area contributed by atoms with Crippen molar-refractivity contribution in [1.29, 1.82) is 0 Å². The molecular formula is C13H11F3N4O. The van der Waals surface area contributed by atoms with Gasteiger partial charge in [-0.25, -0.2) is 9.78 Å². The minimum absolute atomic E-state index is 0.168. The molecule has 0 atom stereocenters. The first-order chi connectivity index (χ1) is 9.86. The van der Waals surface area contributed by atoms with E-state index in [1.165, 1.54) is 6.20 Å². The molecule has 21 heavy (non-hydrogen) atoms. The first-order valence-corrected chi connectivity index (χ1v) is 5.82. The van der Waals surface area contributed by atoms with Crippen molar-refractivity contribution < 1.29 is 18.0 Å². The molecule has 0 aliphatic rings. The van der Waals surface area contributed by atoms with E-state index in [1.807, 2.05) is 0 Å². The minimum Gasteiger partial charge on any atom is -0.396 e. The Hall–Kier alpha value is -2.77. The number of halogens is 3. The fourth-order valence-corrected chi connectivity index (χ4v) is 1.53. The summed E-state index contributed by atoms with van der Waals surface area (Å²) in [6.45, 7) is 0. The number of nitrogens with zero attached hydrogens (tertiary/aromatic N) is 1. The van der Waals surface area contributed by atoms with Crippen LogP contribution in [-0.4, -0.2) is 11.0 Å². The van der Waals surface area contributed by atoms with Gasteiger partial charge in [0, 0.05) is 11.9 Å². The SMILES string of the molecule is Nc1cccnc1NC(=O)Nc1ccc(C(F)(F)F)cc1. The number of rotatable bonds is 2. The van der Waals surface area contributed by atoms with E-state index in [9.17, 15) is 18.0 Å². The van der Waals surface area contributed by atoms with E-state index in [-0.39, 0.29) is 17.2 Å². The van der Waals surface area contributed by atoms with Gasteiger partial charge in [0.25, 0.3) is 0 Å². The van der Waals surface area contributed by atoms with Crippen LogP contribution in [0.15, 0.2) is 42.6 Å². The summed E-state index contributed by atoms with van der Waals surface area (Å²) in [5, 5.41) is 4.78. The van der Waals surface area contributed by atoms with Crippen LogP contribution >= 0.6 is 0 Å². The van der Waals surface area contributed by atoms with Crippen molar-refractivity contribution in [3.05, 3.63) is 48.2 Å². The third-order valence-corrected chi connectivity index (χ3v) is 2.54. The molecule has 0 fully saturated rings. The van der Waals surface area contributed by atoms with Gasteiger partial charge in [-0.05, 0) is 36.4 Å². The Balaban J connectivity index is 2.02. The molecule has 1 aromatic carbocycles. The maximum atomic E-state index is 12.4. The molecule has 0 unspecified atom stereocenters. The standard InChI is InChI=1S/C13H11F3N4O/c14-13(15,16)8-3-5-9(6-4-8)19-12(21)20-11-10(17)2-1-7-18-11/h1-7H,17H2,(H2,18,19,20,21). The van der Waals surface area contributed by atoms with Gasteiger partial charge in [0.15, 0.2) is 5.82 Å². The second kappa shape index (κ2) is 5.70. The summed E-state index contributed by atoms with van der Waals surface area (Å²) < 4.78 is 37.2. The molecular weight excluding hydrogens is 285 g/mol. The summed E-state index contributed by atoms with van der Waals surface area (Å²) in [6, 6.07) is 6.58. The van der Waals surface area contributed by atoms with E-state index >= 15 is 0 Å². The zero-order chi connectivity index (χ0) is 15.5. The Kier molecular flexibility index (Phi) is 3.97. The third kappa shape index (κ3) is 3.85. The summed E-state index contributed by atoms with van der Waals surface area (Å²) in [4.78, 5) is 15.5. The van der Waals surface area contributed by atoms with Crippen molar-refractivity contribution in [2.75, 3.05) is 16.4 Å². The highest BCUT2D eigenvalue weighted by Crippen LogP contribution is 2.29. The predicted molar refractivity (Wildman–Crippen MR) is 72.7 cm³/mol. The van der Waals surface area contributed by atoms with Crippen LogP contribution in [0.25, 0.3) is 0 Å². The number of carbonyl (C=O) groups is 1. The zero-order valence-corrected chi connectivity index (χ0v) is 10.6. The van der Waals surface area contributed by atoms with Crippen LogP contribution in [-0.2, 0) is 6.18 Å². The molecule has 8 heteroatoms. The van der Waals surface area contributed by atoms with Crippen molar-refractivity contribution in [3.63, 3.8) is 0 Å². The molecule has 0 spiro atoms. The van der Waals surface area contributed by atoms with Crippen LogP contribution in [0.3, 0.4) is 0 Å². The Bertz CT molecular complexity index is 641. The van der Waals surface area contributed by atoms with Gasteiger partial charge in [-0.3, -0.25) is 5.32 Å². The van der Waals surface area contributed by atoms with E-state index in [0.29, 0.717) is 0 Å². The molecule has 0 radical (unpaired) electrons. The Morgan fingerprint density at radius 2 is 1.76 bits per heavy atom. The van der Waals surface area contributed by atoms with Gasteiger partial charge in [0.05, 0.1) is 11.3 Å². The van der Waals surface area contributed by atoms with Crippen LogP contribution in [0, 0.1) is 0 Å². The number of urea groups is 1. The summed E-state index contributed by atoms with van der Waals surface area (Å²) in [5.41, 5.74) is 5.31. The number of amides is 2. The lowest BCUT2D eigenvalue weighted by atomic mass is 10.2. The highest BCUT2D eigenvalue weighted by molar-refractivity contribution is 6.00. The summed E-state index contributed by atoms with van der Waals surface area (Å²) >= 11 is 0. The van der Waals surface area contributed by atoms with Crippen molar-refractivity contribution in [3.8, 4) is 0 Å². The molecule has 110 valence electrons. The highest BCUT2D eigenvalue weighted by atomic mass is 19.4. The van der Waals surface area contributed by atoms with Crippen LogP contribution in [0.1, 0.15) is 5.56 Å². The third-order valence-electron chi connectivity index (χ3n) is 2.54. The first-order valence-electron chi connectivity index (χ1n) is 5.82. The summed E-state index contributed by atoms with van der Waals surface area (Å²) in [6.07, 6.45) is -2.96. The van der Waals surface area contributed by atoms with Crippen LogP contribution in [0.2, 0.25) is 0 Å². The largest absolute Gasteiger partial charge is 0.416 e. The number of nitrogens with one attached hydrogen (secondary N) is 2. The molecule has 2 amide bonds. The lowest BCUT2D eigenvalue weighted by Crippen LogP contribution is -2.21. The number of benzene rings is 1. The number of nitrogens with two attached hydrogens (primary N) is 1. The number of alkyl halides is 3. The topological polar surface area (TPSA) is 80.0 Å². The molecule has 0 aliphatic heterocycles. The Labute approximate surface area is 118 Å². The van der Waals surface area contributed by atoms with Crippen LogP contribution in [0.5, 0.6) is 0 Å². The van der Waals surface area contributed by atoms with E-state index in [1.54, 1.807) is 12.1 Å². The number of hydrogen-bond acceptors (Lipinski definition) is 3. The lowest BCUT2D eigenvalue weighted by Gasteiger charge is -2.10. The molecule has 4 N–H and O–H groups in total. The van der Waals surface area contributed by atoms with Gasteiger partial charge < -0.3 is 11.1 Å². The van der Waals surface area contributed by atoms with Gasteiger partial charge in [-0.1, -0.05) is 0 Å². The number of nitrogen functional groups attached to an aromatic ring is 1. The predicted octanol–water partition coefficient (Wildman–Crippen LogP) is 3.33. The van der Waals surface area contributed by atoms with Crippen LogP contribution in [0.4, 0.5) is 35.2 Å². The number of pyridine rings is 1. The van der Waals surface area contributed by atoms with Crippen molar-refractivity contribution >= 4 is 23.2 Å². The van der Waals surface area contributed by atoms with Gasteiger partial charge in [-0.15, -0.1) is 0 Å². The molecule has 0 saturated carbocycles.